The number of carbonyl (C=O) groups is 1. The summed E-state index contributed by atoms with van der Waals surface area (Å²) in [4.78, 5) is 11.3. The third-order valence-electron chi connectivity index (χ3n) is 2.04. The minimum atomic E-state index is -0.327. The summed E-state index contributed by atoms with van der Waals surface area (Å²) < 4.78 is 5.26. The monoisotopic (exact) mass is 226 g/mol. The van der Waals surface area contributed by atoms with Crippen molar-refractivity contribution in [3.8, 4) is 0 Å². The van der Waals surface area contributed by atoms with E-state index >= 15 is 0 Å². The molecule has 1 rings (SSSR count). The lowest BCUT2D eigenvalue weighted by molar-refractivity contribution is -0.148. The van der Waals surface area contributed by atoms with Crippen molar-refractivity contribution >= 4 is 17.6 Å². The van der Waals surface area contributed by atoms with Gasteiger partial charge in [-0.3, -0.25) is 4.79 Å². The molecule has 1 atom stereocenters. The summed E-state index contributed by atoms with van der Waals surface area (Å²) in [5.74, 6) is 0.103. The zero-order chi connectivity index (χ0) is 11.1. The molecule has 3 heteroatoms. The average molecular weight is 227 g/mol. The maximum absolute atomic E-state index is 11.3. The molecule has 0 aliphatic carbocycles. The fourth-order valence-corrected chi connectivity index (χ4v) is 1.52. The zero-order valence-electron chi connectivity index (χ0n) is 8.78. The third kappa shape index (κ3) is 3.92. The van der Waals surface area contributed by atoms with Crippen molar-refractivity contribution in [2.45, 2.75) is 25.9 Å². The van der Waals surface area contributed by atoms with E-state index in [0.29, 0.717) is 12.3 Å². The van der Waals surface area contributed by atoms with Gasteiger partial charge in [-0.15, -0.1) is 11.6 Å². The van der Waals surface area contributed by atoms with Crippen molar-refractivity contribution in [2.75, 3.05) is 5.88 Å². The van der Waals surface area contributed by atoms with Crippen molar-refractivity contribution < 1.29 is 9.53 Å². The van der Waals surface area contributed by atoms with Crippen molar-refractivity contribution in [1.82, 2.24) is 0 Å². The van der Waals surface area contributed by atoms with E-state index in [1.54, 1.807) is 0 Å². The van der Waals surface area contributed by atoms with Crippen LogP contribution in [0.2, 0.25) is 0 Å². The second-order valence-electron chi connectivity index (χ2n) is 3.29. The van der Waals surface area contributed by atoms with E-state index in [4.69, 9.17) is 16.3 Å². The molecule has 0 radical (unpaired) electrons. The molecule has 0 aromatic heterocycles. The maximum atomic E-state index is 11.3. The molecule has 1 aromatic carbocycles. The van der Waals surface area contributed by atoms with Crippen LogP contribution in [-0.4, -0.2) is 11.8 Å². The first-order chi connectivity index (χ1) is 7.27. The number of hydrogen-bond acceptors (Lipinski definition) is 2. The van der Waals surface area contributed by atoms with Gasteiger partial charge in [-0.25, -0.2) is 0 Å². The summed E-state index contributed by atoms with van der Waals surface area (Å²) in [7, 11) is 0. The molecule has 0 bridgehead atoms. The van der Waals surface area contributed by atoms with Gasteiger partial charge >= 0.3 is 5.97 Å². The summed E-state index contributed by atoms with van der Waals surface area (Å²) in [5, 5.41) is 0. The van der Waals surface area contributed by atoms with E-state index in [9.17, 15) is 4.79 Å². The lowest BCUT2D eigenvalue weighted by atomic mass is 10.1. The standard InChI is InChI=1S/C12H15ClO2/c1-2-6-12(14)15-11(9-13)10-7-4-3-5-8-10/h3-5,7-8,11H,2,6,9H2,1H3. The molecule has 1 unspecified atom stereocenters. The molecule has 0 fully saturated rings. The van der Waals surface area contributed by atoms with E-state index < -0.39 is 0 Å². The minimum absolute atomic E-state index is 0.188. The van der Waals surface area contributed by atoms with Gasteiger partial charge in [-0.05, 0) is 12.0 Å². The van der Waals surface area contributed by atoms with Crippen LogP contribution in [0.15, 0.2) is 30.3 Å². The van der Waals surface area contributed by atoms with E-state index in [1.165, 1.54) is 0 Å². The Morgan fingerprint density at radius 3 is 2.60 bits per heavy atom. The Kier molecular flexibility index (Phi) is 5.19. The smallest absolute Gasteiger partial charge is 0.306 e. The van der Waals surface area contributed by atoms with Gasteiger partial charge < -0.3 is 4.74 Å². The second-order valence-corrected chi connectivity index (χ2v) is 3.60. The molecule has 0 amide bonds. The molecular weight excluding hydrogens is 212 g/mol. The fourth-order valence-electron chi connectivity index (χ4n) is 1.28. The summed E-state index contributed by atoms with van der Waals surface area (Å²) in [6, 6.07) is 9.55. The summed E-state index contributed by atoms with van der Waals surface area (Å²) in [6.07, 6.45) is 0.912. The average Bonchev–Trinajstić information content (AvgIpc) is 2.27. The van der Waals surface area contributed by atoms with Gasteiger partial charge in [0.25, 0.3) is 0 Å². The van der Waals surface area contributed by atoms with Crippen LogP contribution in [0.3, 0.4) is 0 Å². The van der Waals surface area contributed by atoms with Crippen LogP contribution in [0.25, 0.3) is 0 Å². The molecule has 0 heterocycles. The minimum Gasteiger partial charge on any atom is -0.456 e. The number of carbonyl (C=O) groups excluding carboxylic acids is 1. The first kappa shape index (κ1) is 12.1. The van der Waals surface area contributed by atoms with Gasteiger partial charge in [-0.1, -0.05) is 37.3 Å². The molecule has 0 saturated carbocycles. The zero-order valence-corrected chi connectivity index (χ0v) is 9.54. The number of rotatable bonds is 5. The van der Waals surface area contributed by atoms with Crippen LogP contribution < -0.4 is 0 Å². The normalized spacial score (nSPS) is 12.1. The van der Waals surface area contributed by atoms with Crippen molar-refractivity contribution in [2.24, 2.45) is 0 Å². The Balaban J connectivity index is 2.61. The van der Waals surface area contributed by atoms with Crippen LogP contribution in [-0.2, 0) is 9.53 Å². The predicted octanol–water partition coefficient (Wildman–Crippen LogP) is 3.31. The molecule has 2 nitrogen and oxygen atoms in total. The van der Waals surface area contributed by atoms with Crippen LogP contribution in [0, 0.1) is 0 Å². The van der Waals surface area contributed by atoms with Crippen LogP contribution in [0.1, 0.15) is 31.4 Å². The van der Waals surface area contributed by atoms with Gasteiger partial charge in [0.05, 0.1) is 5.88 Å². The summed E-state index contributed by atoms with van der Waals surface area (Å²) in [5.41, 5.74) is 0.942. The lowest BCUT2D eigenvalue weighted by Gasteiger charge is -2.15. The van der Waals surface area contributed by atoms with Gasteiger partial charge in [0.1, 0.15) is 6.10 Å². The van der Waals surface area contributed by atoms with Gasteiger partial charge in [0, 0.05) is 6.42 Å². The van der Waals surface area contributed by atoms with E-state index in [-0.39, 0.29) is 12.1 Å². The largest absolute Gasteiger partial charge is 0.456 e. The van der Waals surface area contributed by atoms with E-state index in [1.807, 2.05) is 37.3 Å². The number of halogens is 1. The van der Waals surface area contributed by atoms with Crippen LogP contribution >= 0.6 is 11.6 Å². The van der Waals surface area contributed by atoms with Crippen molar-refractivity contribution in [3.63, 3.8) is 0 Å². The topological polar surface area (TPSA) is 26.3 Å². The number of benzene rings is 1. The molecule has 15 heavy (non-hydrogen) atoms. The Hall–Kier alpha value is -1.02. The Morgan fingerprint density at radius 1 is 1.40 bits per heavy atom. The first-order valence-corrected chi connectivity index (χ1v) is 5.61. The first-order valence-electron chi connectivity index (χ1n) is 5.08. The molecular formula is C12H15ClO2. The van der Waals surface area contributed by atoms with Gasteiger partial charge in [-0.2, -0.15) is 0 Å². The number of alkyl halides is 1. The molecule has 0 N–H and O–H groups in total. The second kappa shape index (κ2) is 6.46. The van der Waals surface area contributed by atoms with E-state index in [2.05, 4.69) is 0 Å². The Labute approximate surface area is 95.2 Å². The van der Waals surface area contributed by atoms with Gasteiger partial charge in [0.2, 0.25) is 0 Å². The quantitative estimate of drug-likeness (QED) is 0.569. The molecule has 1 aromatic rings. The third-order valence-corrected chi connectivity index (χ3v) is 2.32. The Morgan fingerprint density at radius 2 is 2.07 bits per heavy atom. The summed E-state index contributed by atoms with van der Waals surface area (Å²) >= 11 is 5.77. The SMILES string of the molecule is CCCC(=O)OC(CCl)c1ccccc1. The molecule has 0 saturated heterocycles. The van der Waals surface area contributed by atoms with Crippen molar-refractivity contribution in [3.05, 3.63) is 35.9 Å². The number of esters is 1. The fraction of sp³-hybridized carbons (Fsp3) is 0.417. The predicted molar refractivity (Wildman–Crippen MR) is 60.9 cm³/mol. The molecule has 0 aliphatic heterocycles. The number of hydrogen-bond donors (Lipinski definition) is 0. The highest BCUT2D eigenvalue weighted by Crippen LogP contribution is 2.19. The van der Waals surface area contributed by atoms with E-state index in [0.717, 1.165) is 12.0 Å². The van der Waals surface area contributed by atoms with Crippen LogP contribution in [0.4, 0.5) is 0 Å². The molecule has 0 aliphatic rings. The highest BCUT2D eigenvalue weighted by atomic mass is 35.5. The molecule has 82 valence electrons. The van der Waals surface area contributed by atoms with Gasteiger partial charge in [0.15, 0.2) is 0 Å². The lowest BCUT2D eigenvalue weighted by Crippen LogP contribution is -2.12. The highest BCUT2D eigenvalue weighted by Gasteiger charge is 2.14. The van der Waals surface area contributed by atoms with Crippen LogP contribution in [0.5, 0.6) is 0 Å². The summed E-state index contributed by atoms with van der Waals surface area (Å²) in [6.45, 7) is 1.94. The molecule has 0 spiro atoms. The maximum Gasteiger partial charge on any atom is 0.306 e. The Bertz CT molecular complexity index is 298. The van der Waals surface area contributed by atoms with Crippen molar-refractivity contribution in [1.29, 1.82) is 0 Å². The number of ether oxygens (including phenoxy) is 1. The highest BCUT2D eigenvalue weighted by molar-refractivity contribution is 6.18.